The van der Waals surface area contributed by atoms with Crippen LogP contribution in [0.4, 0.5) is 0 Å². The minimum atomic E-state index is -0.0248. The molecule has 1 N–H and O–H groups in total. The summed E-state index contributed by atoms with van der Waals surface area (Å²) in [7, 11) is 0. The molecule has 3 aromatic rings. The monoisotopic (exact) mass is 322 g/mol. The van der Waals surface area contributed by atoms with E-state index in [-0.39, 0.29) is 6.10 Å². The van der Waals surface area contributed by atoms with Crippen molar-refractivity contribution < 1.29 is 9.47 Å². The number of imidazole rings is 1. The van der Waals surface area contributed by atoms with Gasteiger partial charge in [-0.1, -0.05) is 12.1 Å². The molecule has 1 aliphatic rings. The second-order valence-corrected chi connectivity index (χ2v) is 6.61. The van der Waals surface area contributed by atoms with Gasteiger partial charge in [-0.15, -0.1) is 0 Å². The summed E-state index contributed by atoms with van der Waals surface area (Å²) in [5.41, 5.74) is 7.40. The molecule has 0 aliphatic carbocycles. The number of aryl methyl sites for hydroxylation is 2. The van der Waals surface area contributed by atoms with Crippen molar-refractivity contribution in [1.29, 1.82) is 0 Å². The van der Waals surface area contributed by atoms with Gasteiger partial charge in [0.2, 0.25) is 0 Å². The summed E-state index contributed by atoms with van der Waals surface area (Å²) in [6.45, 7) is 9.19. The lowest BCUT2D eigenvalue weighted by Crippen LogP contribution is -2.31. The quantitative estimate of drug-likeness (QED) is 0.770. The highest BCUT2D eigenvalue weighted by molar-refractivity contribution is 5.84. The summed E-state index contributed by atoms with van der Waals surface area (Å²) < 4.78 is 11.9. The molecular weight excluding hydrogens is 300 g/mol. The third-order valence-electron chi connectivity index (χ3n) is 5.16. The summed E-state index contributed by atoms with van der Waals surface area (Å²) in [6.07, 6.45) is 0.684. The topological polar surface area (TPSA) is 47.1 Å². The molecule has 1 unspecified atom stereocenters. The molecular formula is C20H22N2O2. The highest BCUT2D eigenvalue weighted by Gasteiger charge is 2.23. The number of para-hydroxylation sites is 2. The van der Waals surface area contributed by atoms with Gasteiger partial charge in [-0.25, -0.2) is 4.98 Å². The first-order valence-corrected chi connectivity index (χ1v) is 8.38. The number of ether oxygens (including phenoxy) is 2. The van der Waals surface area contributed by atoms with Crippen LogP contribution in [0.5, 0.6) is 11.5 Å². The number of aromatic nitrogens is 2. The van der Waals surface area contributed by atoms with Gasteiger partial charge in [0.25, 0.3) is 0 Å². The van der Waals surface area contributed by atoms with Crippen LogP contribution in [0.3, 0.4) is 0 Å². The Kier molecular flexibility index (Phi) is 3.48. The van der Waals surface area contributed by atoms with Crippen molar-refractivity contribution in [1.82, 2.24) is 9.97 Å². The van der Waals surface area contributed by atoms with Crippen molar-refractivity contribution in [2.45, 2.75) is 40.2 Å². The number of H-pyrrole nitrogens is 1. The first kappa shape index (κ1) is 15.1. The van der Waals surface area contributed by atoms with Crippen molar-refractivity contribution >= 4 is 11.0 Å². The zero-order valence-corrected chi connectivity index (χ0v) is 14.6. The Balaban J connectivity index is 1.64. The second-order valence-electron chi connectivity index (χ2n) is 6.61. The van der Waals surface area contributed by atoms with Gasteiger partial charge in [-0.05, 0) is 62.1 Å². The Morgan fingerprint density at radius 1 is 1.00 bits per heavy atom. The van der Waals surface area contributed by atoms with Gasteiger partial charge in [0, 0.05) is 6.42 Å². The lowest BCUT2D eigenvalue weighted by atomic mass is 9.98. The maximum atomic E-state index is 6.05. The van der Waals surface area contributed by atoms with Crippen LogP contribution in [0, 0.1) is 27.7 Å². The highest BCUT2D eigenvalue weighted by atomic mass is 16.6. The molecule has 4 nitrogen and oxygen atoms in total. The van der Waals surface area contributed by atoms with Crippen LogP contribution in [0.2, 0.25) is 0 Å². The number of hydrogen-bond acceptors (Lipinski definition) is 3. The molecule has 1 aliphatic heterocycles. The Bertz CT molecular complexity index is 882. The molecule has 24 heavy (non-hydrogen) atoms. The number of rotatable bonds is 2. The van der Waals surface area contributed by atoms with E-state index in [9.17, 15) is 0 Å². The Hall–Kier alpha value is -2.49. The lowest BCUT2D eigenvalue weighted by Gasteiger charge is -2.25. The van der Waals surface area contributed by atoms with Crippen LogP contribution in [0.25, 0.3) is 11.0 Å². The van der Waals surface area contributed by atoms with E-state index in [4.69, 9.17) is 14.5 Å². The van der Waals surface area contributed by atoms with Crippen molar-refractivity contribution in [3.8, 4) is 11.5 Å². The number of nitrogens with one attached hydrogen (secondary N) is 1. The van der Waals surface area contributed by atoms with E-state index in [0.29, 0.717) is 13.0 Å². The van der Waals surface area contributed by atoms with Crippen LogP contribution in [-0.2, 0) is 6.42 Å². The van der Waals surface area contributed by atoms with Gasteiger partial charge < -0.3 is 14.5 Å². The van der Waals surface area contributed by atoms with Crippen LogP contribution in [0.1, 0.15) is 28.1 Å². The largest absolute Gasteiger partial charge is 0.486 e. The minimum Gasteiger partial charge on any atom is -0.486 e. The minimum absolute atomic E-state index is 0.0248. The molecule has 1 atom stereocenters. The van der Waals surface area contributed by atoms with E-state index >= 15 is 0 Å². The summed E-state index contributed by atoms with van der Waals surface area (Å²) >= 11 is 0. The van der Waals surface area contributed by atoms with Crippen LogP contribution in [0.15, 0.2) is 24.3 Å². The molecule has 0 saturated carbocycles. The number of hydrogen-bond donors (Lipinski definition) is 1. The van der Waals surface area contributed by atoms with Gasteiger partial charge >= 0.3 is 0 Å². The number of aromatic amines is 1. The molecule has 0 fully saturated rings. The average molecular weight is 322 g/mol. The third kappa shape index (κ3) is 2.33. The molecule has 124 valence electrons. The smallest absolute Gasteiger partial charge is 0.161 e. The fraction of sp³-hybridized carbons (Fsp3) is 0.350. The molecule has 0 bridgehead atoms. The maximum absolute atomic E-state index is 6.05. The molecule has 2 aromatic carbocycles. The van der Waals surface area contributed by atoms with Crippen LogP contribution < -0.4 is 9.47 Å². The molecule has 0 radical (unpaired) electrons. The average Bonchev–Trinajstić information content (AvgIpc) is 3.02. The van der Waals surface area contributed by atoms with Gasteiger partial charge in [0.1, 0.15) is 18.5 Å². The van der Waals surface area contributed by atoms with E-state index in [1.807, 2.05) is 24.3 Å². The van der Waals surface area contributed by atoms with Gasteiger partial charge in [0.05, 0.1) is 11.0 Å². The summed E-state index contributed by atoms with van der Waals surface area (Å²) in [5, 5.41) is 0. The van der Waals surface area contributed by atoms with Crippen molar-refractivity contribution in [2.24, 2.45) is 0 Å². The van der Waals surface area contributed by atoms with Gasteiger partial charge in [0.15, 0.2) is 11.5 Å². The lowest BCUT2D eigenvalue weighted by molar-refractivity contribution is 0.0900. The Morgan fingerprint density at radius 3 is 2.50 bits per heavy atom. The third-order valence-corrected chi connectivity index (χ3v) is 5.16. The van der Waals surface area contributed by atoms with Crippen LogP contribution >= 0.6 is 0 Å². The Morgan fingerprint density at radius 2 is 1.71 bits per heavy atom. The van der Waals surface area contributed by atoms with E-state index in [2.05, 4.69) is 32.7 Å². The summed E-state index contributed by atoms with van der Waals surface area (Å²) in [4.78, 5) is 8.33. The summed E-state index contributed by atoms with van der Waals surface area (Å²) in [5.74, 6) is 2.58. The normalized spacial score (nSPS) is 16.6. The predicted octanol–water partition coefficient (Wildman–Crippen LogP) is 4.18. The standard InChI is InChI=1S/C20H22N2O2/c1-11-12(2)14(4)20-19(13(11)3)21-18(22-20)9-15-10-23-16-7-5-6-8-17(16)24-15/h5-8,15H,9-10H2,1-4H3,(H,21,22). The molecule has 0 amide bonds. The zero-order valence-electron chi connectivity index (χ0n) is 14.6. The first-order valence-electron chi connectivity index (χ1n) is 8.38. The number of fused-ring (bicyclic) bond motifs is 2. The van der Waals surface area contributed by atoms with Crippen molar-refractivity contribution in [3.05, 3.63) is 52.3 Å². The van der Waals surface area contributed by atoms with E-state index in [0.717, 1.165) is 28.4 Å². The number of nitrogens with zero attached hydrogens (tertiary/aromatic N) is 1. The molecule has 0 saturated heterocycles. The molecule has 2 heterocycles. The fourth-order valence-corrected chi connectivity index (χ4v) is 3.37. The molecule has 4 rings (SSSR count). The van der Waals surface area contributed by atoms with E-state index in [1.165, 1.54) is 22.3 Å². The highest BCUT2D eigenvalue weighted by Crippen LogP contribution is 2.32. The fourth-order valence-electron chi connectivity index (χ4n) is 3.37. The predicted molar refractivity (Wildman–Crippen MR) is 95.1 cm³/mol. The van der Waals surface area contributed by atoms with Crippen molar-refractivity contribution in [3.63, 3.8) is 0 Å². The van der Waals surface area contributed by atoms with E-state index in [1.54, 1.807) is 0 Å². The Labute approximate surface area is 141 Å². The van der Waals surface area contributed by atoms with E-state index < -0.39 is 0 Å². The first-order chi connectivity index (χ1) is 11.5. The molecule has 1 aromatic heterocycles. The zero-order chi connectivity index (χ0) is 16.8. The van der Waals surface area contributed by atoms with Gasteiger partial charge in [-0.2, -0.15) is 0 Å². The summed E-state index contributed by atoms with van der Waals surface area (Å²) in [6, 6.07) is 7.80. The molecule has 4 heteroatoms. The second kappa shape index (κ2) is 5.55. The van der Waals surface area contributed by atoms with Crippen LogP contribution in [-0.4, -0.2) is 22.7 Å². The maximum Gasteiger partial charge on any atom is 0.161 e. The van der Waals surface area contributed by atoms with Crippen molar-refractivity contribution in [2.75, 3.05) is 6.61 Å². The SMILES string of the molecule is Cc1c(C)c(C)c2[nH]c(CC3COc4ccccc4O3)nc2c1C. The number of benzene rings is 2. The van der Waals surface area contributed by atoms with Gasteiger partial charge in [-0.3, -0.25) is 0 Å². The molecule has 0 spiro atoms.